The molecule has 22 heavy (non-hydrogen) atoms. The predicted octanol–water partition coefficient (Wildman–Crippen LogP) is 7.72. The molecule has 0 aromatic rings. The highest BCUT2D eigenvalue weighted by atomic mass is 14.5. The Hall–Kier alpha value is 0. The van der Waals surface area contributed by atoms with Crippen molar-refractivity contribution in [3.8, 4) is 0 Å². The summed E-state index contributed by atoms with van der Waals surface area (Å²) >= 11 is 0. The number of rotatable bonds is 12. The van der Waals surface area contributed by atoms with Gasteiger partial charge in [0, 0.05) is 0 Å². The summed E-state index contributed by atoms with van der Waals surface area (Å²) in [6, 6.07) is 0. The molecule has 0 heterocycles. The molecule has 0 nitrogen and oxygen atoms in total. The first-order chi connectivity index (χ1) is 10.4. The van der Waals surface area contributed by atoms with E-state index in [9.17, 15) is 0 Å². The fourth-order valence-electron chi connectivity index (χ4n) is 5.07. The number of hydrogen-bond acceptors (Lipinski definition) is 0. The quantitative estimate of drug-likeness (QED) is 0.346. The van der Waals surface area contributed by atoms with Gasteiger partial charge in [-0.05, 0) is 54.3 Å². The summed E-state index contributed by atoms with van der Waals surface area (Å²) in [4.78, 5) is 0. The third-order valence-electron chi connectivity index (χ3n) is 6.98. The van der Waals surface area contributed by atoms with E-state index in [4.69, 9.17) is 0 Å². The van der Waals surface area contributed by atoms with E-state index < -0.39 is 0 Å². The molecule has 0 radical (unpaired) electrons. The van der Waals surface area contributed by atoms with E-state index >= 15 is 0 Å². The van der Waals surface area contributed by atoms with Gasteiger partial charge in [0.25, 0.3) is 0 Å². The van der Waals surface area contributed by atoms with Crippen LogP contribution in [0.25, 0.3) is 0 Å². The molecule has 1 aliphatic rings. The largest absolute Gasteiger partial charge is 0.0654 e. The normalized spacial score (nSPS) is 28.6. The summed E-state index contributed by atoms with van der Waals surface area (Å²) in [5, 5.41) is 0. The Kier molecular flexibility index (Phi) is 8.50. The van der Waals surface area contributed by atoms with Crippen molar-refractivity contribution in [1.82, 2.24) is 0 Å². The van der Waals surface area contributed by atoms with Gasteiger partial charge in [-0.15, -0.1) is 0 Å². The molecule has 5 unspecified atom stereocenters. The SMILES string of the molecule is CCCC(C)C(CCCC(C)CC1(C)CC1C)C(CC)CC. The summed E-state index contributed by atoms with van der Waals surface area (Å²) in [5.74, 6) is 4.76. The Balaban J connectivity index is 2.38. The summed E-state index contributed by atoms with van der Waals surface area (Å²) in [5.41, 5.74) is 0.698. The molecule has 0 heteroatoms. The molecule has 0 aromatic carbocycles. The van der Waals surface area contributed by atoms with E-state index in [-0.39, 0.29) is 0 Å². The monoisotopic (exact) mass is 308 g/mol. The third-order valence-corrected chi connectivity index (χ3v) is 6.98. The smallest absolute Gasteiger partial charge is 0.0295 e. The van der Waals surface area contributed by atoms with E-state index in [0.29, 0.717) is 5.41 Å². The van der Waals surface area contributed by atoms with Gasteiger partial charge in [-0.1, -0.05) is 87.0 Å². The van der Waals surface area contributed by atoms with Gasteiger partial charge < -0.3 is 0 Å². The van der Waals surface area contributed by atoms with Crippen LogP contribution >= 0.6 is 0 Å². The molecule has 0 aromatic heterocycles. The molecular formula is C22H44. The minimum atomic E-state index is 0.698. The van der Waals surface area contributed by atoms with E-state index in [1.54, 1.807) is 0 Å². The van der Waals surface area contributed by atoms with Crippen LogP contribution in [0.5, 0.6) is 0 Å². The van der Waals surface area contributed by atoms with Gasteiger partial charge in [-0.3, -0.25) is 0 Å². The maximum absolute atomic E-state index is 2.52. The zero-order chi connectivity index (χ0) is 16.8. The molecular weight excluding hydrogens is 264 g/mol. The molecule has 1 fully saturated rings. The molecule has 0 amide bonds. The van der Waals surface area contributed by atoms with Crippen molar-refractivity contribution in [2.75, 3.05) is 0 Å². The molecule has 1 aliphatic carbocycles. The molecule has 5 atom stereocenters. The predicted molar refractivity (Wildman–Crippen MR) is 101 cm³/mol. The highest BCUT2D eigenvalue weighted by molar-refractivity contribution is 4.96. The second kappa shape index (κ2) is 9.33. The first kappa shape index (κ1) is 20.0. The van der Waals surface area contributed by atoms with Crippen molar-refractivity contribution in [2.45, 2.75) is 106 Å². The van der Waals surface area contributed by atoms with Crippen LogP contribution in [0, 0.1) is 35.0 Å². The van der Waals surface area contributed by atoms with Crippen LogP contribution in [0.4, 0.5) is 0 Å². The summed E-state index contributed by atoms with van der Waals surface area (Å²) in [6.45, 7) is 17.1. The van der Waals surface area contributed by atoms with Gasteiger partial charge in [-0.2, -0.15) is 0 Å². The molecule has 0 bridgehead atoms. The third kappa shape index (κ3) is 5.89. The minimum absolute atomic E-state index is 0.698. The van der Waals surface area contributed by atoms with Crippen LogP contribution in [0.2, 0.25) is 0 Å². The maximum Gasteiger partial charge on any atom is -0.0295 e. The van der Waals surface area contributed by atoms with E-state index in [1.807, 2.05) is 0 Å². The Bertz CT molecular complexity index is 290. The molecule has 0 spiro atoms. The molecule has 1 saturated carbocycles. The van der Waals surface area contributed by atoms with Crippen molar-refractivity contribution in [1.29, 1.82) is 0 Å². The number of hydrogen-bond donors (Lipinski definition) is 0. The van der Waals surface area contributed by atoms with E-state index in [0.717, 1.165) is 29.6 Å². The first-order valence-electron chi connectivity index (χ1n) is 10.4. The van der Waals surface area contributed by atoms with Gasteiger partial charge >= 0.3 is 0 Å². The van der Waals surface area contributed by atoms with Gasteiger partial charge in [-0.25, -0.2) is 0 Å². The Morgan fingerprint density at radius 3 is 2.05 bits per heavy atom. The topological polar surface area (TPSA) is 0 Å². The average Bonchev–Trinajstić information content (AvgIpc) is 3.04. The van der Waals surface area contributed by atoms with E-state index in [2.05, 4.69) is 48.5 Å². The summed E-state index contributed by atoms with van der Waals surface area (Å²) < 4.78 is 0. The Labute approximate surface area is 141 Å². The van der Waals surface area contributed by atoms with Gasteiger partial charge in [0.2, 0.25) is 0 Å². The zero-order valence-electron chi connectivity index (χ0n) is 16.8. The van der Waals surface area contributed by atoms with Crippen LogP contribution in [0.1, 0.15) is 106 Å². The van der Waals surface area contributed by atoms with Crippen LogP contribution in [0.15, 0.2) is 0 Å². The minimum Gasteiger partial charge on any atom is -0.0654 e. The lowest BCUT2D eigenvalue weighted by atomic mass is 9.74. The van der Waals surface area contributed by atoms with Crippen molar-refractivity contribution in [3.63, 3.8) is 0 Å². The first-order valence-corrected chi connectivity index (χ1v) is 10.4. The molecule has 0 aliphatic heterocycles. The summed E-state index contributed by atoms with van der Waals surface area (Å²) in [7, 11) is 0. The van der Waals surface area contributed by atoms with Crippen molar-refractivity contribution in [2.24, 2.45) is 35.0 Å². The Morgan fingerprint density at radius 1 is 1.00 bits per heavy atom. The van der Waals surface area contributed by atoms with Gasteiger partial charge in [0.05, 0.1) is 0 Å². The van der Waals surface area contributed by atoms with E-state index in [1.165, 1.54) is 57.8 Å². The van der Waals surface area contributed by atoms with Crippen molar-refractivity contribution in [3.05, 3.63) is 0 Å². The highest BCUT2D eigenvalue weighted by Gasteiger charge is 2.46. The van der Waals surface area contributed by atoms with Crippen molar-refractivity contribution >= 4 is 0 Å². The van der Waals surface area contributed by atoms with Gasteiger partial charge in [0.1, 0.15) is 0 Å². The lowest BCUT2D eigenvalue weighted by Crippen LogP contribution is -2.21. The van der Waals surface area contributed by atoms with Crippen LogP contribution < -0.4 is 0 Å². The summed E-state index contributed by atoms with van der Waals surface area (Å²) in [6.07, 6.45) is 12.9. The van der Waals surface area contributed by atoms with Crippen LogP contribution in [-0.4, -0.2) is 0 Å². The van der Waals surface area contributed by atoms with Gasteiger partial charge in [0.15, 0.2) is 0 Å². The van der Waals surface area contributed by atoms with Crippen LogP contribution in [-0.2, 0) is 0 Å². The average molecular weight is 309 g/mol. The maximum atomic E-state index is 2.52. The second-order valence-corrected chi connectivity index (χ2v) is 9.01. The molecule has 0 N–H and O–H groups in total. The Morgan fingerprint density at radius 2 is 1.59 bits per heavy atom. The fourth-order valence-corrected chi connectivity index (χ4v) is 5.07. The zero-order valence-corrected chi connectivity index (χ0v) is 16.8. The standard InChI is InChI=1S/C22H44/c1-8-12-18(5)21(20(9-2)10-3)14-11-13-17(4)15-22(7)16-19(22)6/h17-21H,8-16H2,1-7H3. The lowest BCUT2D eigenvalue weighted by Gasteiger charge is -2.31. The lowest BCUT2D eigenvalue weighted by molar-refractivity contribution is 0.192. The fraction of sp³-hybridized carbons (Fsp3) is 1.00. The molecule has 132 valence electrons. The highest BCUT2D eigenvalue weighted by Crippen LogP contribution is 2.56. The second-order valence-electron chi connectivity index (χ2n) is 9.01. The van der Waals surface area contributed by atoms with Crippen molar-refractivity contribution < 1.29 is 0 Å². The molecule has 1 rings (SSSR count). The molecule has 0 saturated heterocycles. The van der Waals surface area contributed by atoms with Crippen LogP contribution in [0.3, 0.4) is 0 Å².